The molecule has 1 amide bonds. The second kappa shape index (κ2) is 5.76. The first-order chi connectivity index (χ1) is 11.3. The van der Waals surface area contributed by atoms with Crippen molar-refractivity contribution in [2.24, 2.45) is 0 Å². The number of fused-ring (bicyclic) bond motifs is 1. The van der Waals surface area contributed by atoms with Gasteiger partial charge >= 0.3 is 0 Å². The lowest BCUT2D eigenvalue weighted by Crippen LogP contribution is -2.28. The fraction of sp³-hybridized carbons (Fsp3) is 0.222. The van der Waals surface area contributed by atoms with Crippen LogP contribution in [0.5, 0.6) is 0 Å². The van der Waals surface area contributed by atoms with Gasteiger partial charge in [-0.3, -0.25) is 9.78 Å². The molecule has 4 rings (SSSR count). The van der Waals surface area contributed by atoms with E-state index in [2.05, 4.69) is 27.1 Å². The van der Waals surface area contributed by atoms with Crippen molar-refractivity contribution in [3.05, 3.63) is 66.1 Å². The minimum Gasteiger partial charge on any atom is -0.338 e. The topological polar surface area (TPSA) is 59.0 Å². The largest absolute Gasteiger partial charge is 0.338 e. The van der Waals surface area contributed by atoms with E-state index < -0.39 is 0 Å². The van der Waals surface area contributed by atoms with Gasteiger partial charge in [0.25, 0.3) is 5.91 Å². The molecule has 1 unspecified atom stereocenters. The summed E-state index contributed by atoms with van der Waals surface area (Å²) < 4.78 is 0. The molecule has 2 aromatic heterocycles. The van der Waals surface area contributed by atoms with E-state index in [1.165, 1.54) is 5.56 Å². The van der Waals surface area contributed by atoms with E-state index >= 15 is 0 Å². The van der Waals surface area contributed by atoms with Gasteiger partial charge in [-0.25, -0.2) is 9.97 Å². The molecular weight excluding hydrogens is 288 g/mol. The first-order valence-electron chi connectivity index (χ1n) is 7.72. The predicted octanol–water partition coefficient (Wildman–Crippen LogP) is 2.65. The number of benzene rings is 1. The zero-order chi connectivity index (χ0) is 15.6. The molecule has 0 spiro atoms. The van der Waals surface area contributed by atoms with Crippen LogP contribution in [0.2, 0.25) is 0 Å². The standard InChI is InChI=1S/C18H16N4O/c23-18(15-10-16-17(21-11-15)20-8-7-19-16)22-9-6-14(12-22)13-4-2-1-3-5-13/h1-5,7-8,10-11,14H,6,9,12H2. The number of carbonyl (C=O) groups is 1. The molecule has 1 aliphatic rings. The maximum atomic E-state index is 12.7. The van der Waals surface area contributed by atoms with Crippen LogP contribution in [-0.4, -0.2) is 38.8 Å². The first kappa shape index (κ1) is 13.8. The van der Waals surface area contributed by atoms with Crippen molar-refractivity contribution in [2.75, 3.05) is 13.1 Å². The molecule has 23 heavy (non-hydrogen) atoms. The van der Waals surface area contributed by atoms with Gasteiger partial charge in [0.15, 0.2) is 5.65 Å². The average Bonchev–Trinajstić information content (AvgIpc) is 3.11. The Morgan fingerprint density at radius 1 is 1.09 bits per heavy atom. The van der Waals surface area contributed by atoms with Crippen molar-refractivity contribution in [1.82, 2.24) is 19.9 Å². The first-order valence-corrected chi connectivity index (χ1v) is 7.72. The summed E-state index contributed by atoms with van der Waals surface area (Å²) in [6.45, 7) is 1.53. The van der Waals surface area contributed by atoms with E-state index in [-0.39, 0.29) is 5.91 Å². The minimum absolute atomic E-state index is 0.0171. The fourth-order valence-electron chi connectivity index (χ4n) is 3.10. The van der Waals surface area contributed by atoms with Crippen LogP contribution in [0.1, 0.15) is 28.3 Å². The molecule has 1 saturated heterocycles. The summed E-state index contributed by atoms with van der Waals surface area (Å²) in [7, 11) is 0. The zero-order valence-electron chi connectivity index (χ0n) is 12.6. The van der Waals surface area contributed by atoms with Gasteiger partial charge in [-0.2, -0.15) is 0 Å². The van der Waals surface area contributed by atoms with Gasteiger partial charge in [0.1, 0.15) is 5.52 Å². The van der Waals surface area contributed by atoms with Gasteiger partial charge in [0.2, 0.25) is 0 Å². The van der Waals surface area contributed by atoms with Gasteiger partial charge in [-0.1, -0.05) is 30.3 Å². The summed E-state index contributed by atoms with van der Waals surface area (Å²) >= 11 is 0. The second-order valence-corrected chi connectivity index (χ2v) is 5.77. The highest BCUT2D eigenvalue weighted by atomic mass is 16.2. The van der Waals surface area contributed by atoms with Crippen LogP contribution >= 0.6 is 0 Å². The fourth-order valence-corrected chi connectivity index (χ4v) is 3.10. The van der Waals surface area contributed by atoms with Crippen LogP contribution in [0.15, 0.2) is 55.0 Å². The molecule has 0 saturated carbocycles. The Bertz CT molecular complexity index is 850. The molecule has 5 nitrogen and oxygen atoms in total. The second-order valence-electron chi connectivity index (χ2n) is 5.77. The summed E-state index contributed by atoms with van der Waals surface area (Å²) in [4.78, 5) is 27.2. The van der Waals surface area contributed by atoms with Crippen LogP contribution in [0, 0.1) is 0 Å². The quantitative estimate of drug-likeness (QED) is 0.730. The van der Waals surface area contributed by atoms with E-state index in [1.54, 1.807) is 24.7 Å². The molecule has 1 aliphatic heterocycles. The molecule has 0 bridgehead atoms. The van der Waals surface area contributed by atoms with E-state index in [0.29, 0.717) is 22.6 Å². The number of rotatable bonds is 2. The smallest absolute Gasteiger partial charge is 0.255 e. The number of aromatic nitrogens is 3. The van der Waals surface area contributed by atoms with Gasteiger partial charge in [-0.15, -0.1) is 0 Å². The number of nitrogens with zero attached hydrogens (tertiary/aromatic N) is 4. The average molecular weight is 304 g/mol. The molecule has 0 N–H and O–H groups in total. The van der Waals surface area contributed by atoms with Crippen LogP contribution in [-0.2, 0) is 0 Å². The molecule has 3 aromatic rings. The number of likely N-dealkylation sites (tertiary alicyclic amines) is 1. The summed E-state index contributed by atoms with van der Waals surface area (Å²) in [5, 5.41) is 0. The summed E-state index contributed by atoms with van der Waals surface area (Å²) in [5.41, 5.74) is 3.09. The SMILES string of the molecule is O=C(c1cnc2nccnc2c1)N1CCC(c2ccccc2)C1. The highest BCUT2D eigenvalue weighted by Gasteiger charge is 2.28. The molecule has 114 valence electrons. The Hall–Kier alpha value is -2.82. The summed E-state index contributed by atoms with van der Waals surface area (Å²) in [6, 6.07) is 12.1. The van der Waals surface area contributed by atoms with Crippen LogP contribution < -0.4 is 0 Å². The normalized spacial score (nSPS) is 17.6. The van der Waals surface area contributed by atoms with Crippen molar-refractivity contribution >= 4 is 17.1 Å². The molecule has 1 atom stereocenters. The maximum absolute atomic E-state index is 12.7. The van der Waals surface area contributed by atoms with E-state index in [0.717, 1.165) is 19.5 Å². The lowest BCUT2D eigenvalue weighted by molar-refractivity contribution is 0.0790. The minimum atomic E-state index is 0.0171. The van der Waals surface area contributed by atoms with Crippen molar-refractivity contribution in [3.63, 3.8) is 0 Å². The monoisotopic (exact) mass is 304 g/mol. The Morgan fingerprint density at radius 3 is 2.78 bits per heavy atom. The number of hydrogen-bond donors (Lipinski definition) is 0. The molecular formula is C18H16N4O. The Kier molecular flexibility index (Phi) is 3.46. The highest BCUT2D eigenvalue weighted by Crippen LogP contribution is 2.28. The number of pyridine rings is 1. The van der Waals surface area contributed by atoms with Crippen LogP contribution in [0.25, 0.3) is 11.2 Å². The Balaban J connectivity index is 1.55. The molecule has 1 fully saturated rings. The molecule has 3 heterocycles. The summed E-state index contributed by atoms with van der Waals surface area (Å²) in [6.07, 6.45) is 5.80. The molecule has 1 aromatic carbocycles. The van der Waals surface area contributed by atoms with Crippen molar-refractivity contribution in [3.8, 4) is 0 Å². The van der Waals surface area contributed by atoms with Crippen LogP contribution in [0.4, 0.5) is 0 Å². The Labute approximate surface area is 134 Å². The van der Waals surface area contributed by atoms with E-state index in [1.807, 2.05) is 23.1 Å². The molecule has 5 heteroatoms. The molecule has 0 radical (unpaired) electrons. The lowest BCUT2D eigenvalue weighted by atomic mass is 9.99. The van der Waals surface area contributed by atoms with Crippen LogP contribution in [0.3, 0.4) is 0 Å². The third-order valence-corrected chi connectivity index (χ3v) is 4.32. The van der Waals surface area contributed by atoms with E-state index in [4.69, 9.17) is 0 Å². The third-order valence-electron chi connectivity index (χ3n) is 4.32. The van der Waals surface area contributed by atoms with Gasteiger partial charge in [0, 0.05) is 37.6 Å². The zero-order valence-corrected chi connectivity index (χ0v) is 12.6. The van der Waals surface area contributed by atoms with E-state index in [9.17, 15) is 4.79 Å². The predicted molar refractivity (Wildman–Crippen MR) is 87.0 cm³/mol. The van der Waals surface area contributed by atoms with Gasteiger partial charge < -0.3 is 4.90 Å². The number of amides is 1. The molecule has 0 aliphatic carbocycles. The van der Waals surface area contributed by atoms with Gasteiger partial charge in [0.05, 0.1) is 5.56 Å². The third kappa shape index (κ3) is 2.65. The van der Waals surface area contributed by atoms with Gasteiger partial charge in [-0.05, 0) is 18.1 Å². The maximum Gasteiger partial charge on any atom is 0.255 e. The summed E-state index contributed by atoms with van der Waals surface area (Å²) in [5.74, 6) is 0.428. The van der Waals surface area contributed by atoms with Crippen molar-refractivity contribution in [1.29, 1.82) is 0 Å². The number of carbonyl (C=O) groups excluding carboxylic acids is 1. The Morgan fingerprint density at radius 2 is 1.91 bits per heavy atom. The lowest BCUT2D eigenvalue weighted by Gasteiger charge is -2.16. The van der Waals surface area contributed by atoms with Crippen molar-refractivity contribution < 1.29 is 4.79 Å². The highest BCUT2D eigenvalue weighted by molar-refractivity contribution is 5.96. The number of hydrogen-bond acceptors (Lipinski definition) is 4. The van der Waals surface area contributed by atoms with Crippen molar-refractivity contribution in [2.45, 2.75) is 12.3 Å².